The third kappa shape index (κ3) is 4.09. The molecule has 0 aliphatic carbocycles. The maximum Gasteiger partial charge on any atom is 0.338 e. The minimum atomic E-state index is -3.93. The fraction of sp³-hybridized carbons (Fsp3) is 0.158. The van der Waals surface area contributed by atoms with E-state index in [1.165, 1.54) is 18.2 Å². The van der Waals surface area contributed by atoms with Crippen LogP contribution in [0.15, 0.2) is 53.4 Å². The van der Waals surface area contributed by atoms with Crippen LogP contribution in [-0.4, -0.2) is 24.2 Å². The van der Waals surface area contributed by atoms with Crippen LogP contribution >= 0.6 is 11.6 Å². The molecular formula is C19H18ClN3O4S. The first kappa shape index (κ1) is 20.1. The summed E-state index contributed by atoms with van der Waals surface area (Å²) in [4.78, 5) is 12.3. The second kappa shape index (κ2) is 7.75. The molecule has 0 bridgehead atoms. The number of primary sulfonamides is 1. The number of aromatic nitrogens is 2. The van der Waals surface area contributed by atoms with E-state index in [0.29, 0.717) is 22.0 Å². The number of para-hydroxylation sites is 1. The SMILES string of the molecule is Cc1ccc(S(N)(=O)=O)cc1C(=O)OCc1c(C)nn(-c2ccccc2)c1Cl. The summed E-state index contributed by atoms with van der Waals surface area (Å²) in [7, 11) is -3.93. The average molecular weight is 420 g/mol. The zero-order valence-corrected chi connectivity index (χ0v) is 16.8. The molecular weight excluding hydrogens is 402 g/mol. The minimum absolute atomic E-state index is 0.102. The topological polar surface area (TPSA) is 104 Å². The van der Waals surface area contributed by atoms with Gasteiger partial charge in [-0.1, -0.05) is 35.9 Å². The largest absolute Gasteiger partial charge is 0.457 e. The predicted molar refractivity (Wildman–Crippen MR) is 105 cm³/mol. The number of halogens is 1. The highest BCUT2D eigenvalue weighted by Gasteiger charge is 2.19. The highest BCUT2D eigenvalue weighted by molar-refractivity contribution is 7.89. The van der Waals surface area contributed by atoms with Crippen molar-refractivity contribution in [3.8, 4) is 5.69 Å². The summed E-state index contributed by atoms with van der Waals surface area (Å²) >= 11 is 6.42. The van der Waals surface area contributed by atoms with E-state index < -0.39 is 16.0 Å². The molecule has 3 rings (SSSR count). The highest BCUT2D eigenvalue weighted by Crippen LogP contribution is 2.25. The molecule has 3 aromatic rings. The van der Waals surface area contributed by atoms with Crippen molar-refractivity contribution in [2.45, 2.75) is 25.3 Å². The quantitative estimate of drug-likeness (QED) is 0.639. The van der Waals surface area contributed by atoms with Crippen LogP contribution in [0, 0.1) is 13.8 Å². The summed E-state index contributed by atoms with van der Waals surface area (Å²) in [5.41, 5.74) is 2.66. The zero-order valence-electron chi connectivity index (χ0n) is 15.2. The molecule has 0 aliphatic rings. The van der Waals surface area contributed by atoms with Gasteiger partial charge in [-0.25, -0.2) is 23.0 Å². The van der Waals surface area contributed by atoms with Crippen LogP contribution in [0.25, 0.3) is 5.69 Å². The van der Waals surface area contributed by atoms with Crippen LogP contribution in [0.2, 0.25) is 5.15 Å². The van der Waals surface area contributed by atoms with Crippen LogP contribution in [0.5, 0.6) is 0 Å². The maximum absolute atomic E-state index is 12.5. The van der Waals surface area contributed by atoms with Crippen LogP contribution in [0.4, 0.5) is 0 Å². The van der Waals surface area contributed by atoms with Crippen molar-refractivity contribution in [3.05, 3.63) is 76.1 Å². The molecule has 7 nitrogen and oxygen atoms in total. The molecule has 28 heavy (non-hydrogen) atoms. The van der Waals surface area contributed by atoms with E-state index in [0.717, 1.165) is 5.69 Å². The van der Waals surface area contributed by atoms with Crippen LogP contribution in [0.1, 0.15) is 27.2 Å². The van der Waals surface area contributed by atoms with Crippen LogP contribution in [-0.2, 0) is 21.4 Å². The molecule has 9 heteroatoms. The summed E-state index contributed by atoms with van der Waals surface area (Å²) in [6, 6.07) is 13.4. The van der Waals surface area contributed by atoms with Crippen LogP contribution < -0.4 is 5.14 Å². The Balaban J connectivity index is 1.84. The third-order valence-electron chi connectivity index (χ3n) is 4.23. The number of hydrogen-bond acceptors (Lipinski definition) is 5. The lowest BCUT2D eigenvalue weighted by Crippen LogP contribution is -2.14. The first-order valence-electron chi connectivity index (χ1n) is 8.28. The molecule has 0 saturated carbocycles. The molecule has 0 spiro atoms. The van der Waals surface area contributed by atoms with Crippen LogP contribution in [0.3, 0.4) is 0 Å². The summed E-state index contributed by atoms with van der Waals surface area (Å²) in [5.74, 6) is -0.675. The number of ether oxygens (including phenoxy) is 1. The molecule has 0 atom stereocenters. The van der Waals surface area contributed by atoms with Gasteiger partial charge in [0.2, 0.25) is 10.0 Å². The average Bonchev–Trinajstić information content (AvgIpc) is 2.94. The lowest BCUT2D eigenvalue weighted by atomic mass is 10.1. The van der Waals surface area contributed by atoms with Gasteiger partial charge in [-0.3, -0.25) is 0 Å². The number of hydrogen-bond donors (Lipinski definition) is 1. The molecule has 0 saturated heterocycles. The summed E-state index contributed by atoms with van der Waals surface area (Å²) < 4.78 is 30.0. The Kier molecular flexibility index (Phi) is 5.55. The Morgan fingerprint density at radius 1 is 1.18 bits per heavy atom. The highest BCUT2D eigenvalue weighted by atomic mass is 35.5. The lowest BCUT2D eigenvalue weighted by molar-refractivity contribution is 0.0471. The fourth-order valence-corrected chi connectivity index (χ4v) is 3.52. The predicted octanol–water partition coefficient (Wildman–Crippen LogP) is 3.15. The van der Waals surface area contributed by atoms with Crippen molar-refractivity contribution in [1.82, 2.24) is 9.78 Å². The van der Waals surface area contributed by atoms with Crippen molar-refractivity contribution >= 4 is 27.6 Å². The number of rotatable bonds is 5. The second-order valence-electron chi connectivity index (χ2n) is 6.20. The van der Waals surface area contributed by atoms with Crippen molar-refractivity contribution in [3.63, 3.8) is 0 Å². The number of carbonyl (C=O) groups excluding carboxylic acids is 1. The Morgan fingerprint density at radius 3 is 2.50 bits per heavy atom. The van der Waals surface area contributed by atoms with Gasteiger partial charge in [0.05, 0.1) is 21.8 Å². The number of aryl methyl sites for hydroxylation is 2. The summed E-state index contributed by atoms with van der Waals surface area (Å²) in [6.45, 7) is 3.34. The molecule has 0 aliphatic heterocycles. The number of carbonyl (C=O) groups is 1. The number of sulfonamides is 1. The molecule has 1 heterocycles. The van der Waals surface area contributed by atoms with Crippen molar-refractivity contribution in [2.75, 3.05) is 0 Å². The van der Waals surface area contributed by atoms with Gasteiger partial charge in [0.25, 0.3) is 0 Å². The standard InChI is InChI=1S/C19H18ClN3O4S/c1-12-8-9-15(28(21,25)26)10-16(12)19(24)27-11-17-13(2)22-23(18(17)20)14-6-4-3-5-7-14/h3-10H,11H2,1-2H3,(H2,21,25,26). The number of benzene rings is 2. The smallest absolute Gasteiger partial charge is 0.338 e. The Hall–Kier alpha value is -2.68. The molecule has 1 aromatic heterocycles. The number of nitrogens with zero attached hydrogens (tertiary/aromatic N) is 2. The molecule has 0 unspecified atom stereocenters. The first-order chi connectivity index (χ1) is 13.2. The second-order valence-corrected chi connectivity index (χ2v) is 8.12. The monoisotopic (exact) mass is 419 g/mol. The summed E-state index contributed by atoms with van der Waals surface area (Å²) in [6.07, 6.45) is 0. The Labute approximate surface area is 167 Å². The lowest BCUT2D eigenvalue weighted by Gasteiger charge is -2.09. The maximum atomic E-state index is 12.5. The van der Waals surface area contributed by atoms with Gasteiger partial charge in [-0.15, -0.1) is 0 Å². The summed E-state index contributed by atoms with van der Waals surface area (Å²) in [5, 5.41) is 9.86. The first-order valence-corrected chi connectivity index (χ1v) is 10.2. The van der Waals surface area contributed by atoms with E-state index in [2.05, 4.69) is 5.10 Å². The zero-order chi connectivity index (χ0) is 20.5. The minimum Gasteiger partial charge on any atom is -0.457 e. The Morgan fingerprint density at radius 2 is 1.86 bits per heavy atom. The van der Waals surface area contributed by atoms with Gasteiger partial charge in [0.1, 0.15) is 11.8 Å². The van der Waals surface area contributed by atoms with Gasteiger partial charge < -0.3 is 4.74 Å². The molecule has 0 radical (unpaired) electrons. The van der Waals surface area contributed by atoms with Crippen molar-refractivity contribution in [1.29, 1.82) is 0 Å². The molecule has 0 amide bonds. The van der Waals surface area contributed by atoms with Gasteiger partial charge in [0.15, 0.2) is 0 Å². The Bertz CT molecular complexity index is 1140. The van der Waals surface area contributed by atoms with E-state index in [4.69, 9.17) is 21.5 Å². The van der Waals surface area contributed by atoms with Crippen molar-refractivity contribution < 1.29 is 17.9 Å². The van der Waals surface area contributed by atoms with Gasteiger partial charge >= 0.3 is 5.97 Å². The van der Waals surface area contributed by atoms with E-state index >= 15 is 0 Å². The van der Waals surface area contributed by atoms with Gasteiger partial charge in [-0.2, -0.15) is 5.10 Å². The van der Waals surface area contributed by atoms with Crippen molar-refractivity contribution in [2.24, 2.45) is 5.14 Å². The number of esters is 1. The molecule has 2 aromatic carbocycles. The number of nitrogens with two attached hydrogens (primary N) is 1. The fourth-order valence-electron chi connectivity index (χ4n) is 2.65. The van der Waals surface area contributed by atoms with E-state index in [9.17, 15) is 13.2 Å². The van der Waals surface area contributed by atoms with Gasteiger partial charge in [-0.05, 0) is 43.7 Å². The van der Waals surface area contributed by atoms with E-state index in [1.54, 1.807) is 18.5 Å². The molecule has 2 N–H and O–H groups in total. The third-order valence-corrected chi connectivity index (χ3v) is 5.53. The molecule has 146 valence electrons. The van der Waals surface area contributed by atoms with E-state index in [-0.39, 0.29) is 17.1 Å². The molecule has 0 fully saturated rings. The van der Waals surface area contributed by atoms with Gasteiger partial charge in [0, 0.05) is 5.56 Å². The normalized spacial score (nSPS) is 11.4. The van der Waals surface area contributed by atoms with E-state index in [1.807, 2.05) is 30.3 Å².